The van der Waals surface area contributed by atoms with Crippen molar-refractivity contribution >= 4 is 55.1 Å². The molecule has 0 saturated carbocycles. The number of hydrogen-bond donors (Lipinski definition) is 0. The number of thioether (sulfide) groups is 2. The Morgan fingerprint density at radius 1 is 0.492 bits per heavy atom. The van der Waals surface area contributed by atoms with Crippen molar-refractivity contribution in [2.24, 2.45) is 0 Å². The molecule has 0 unspecified atom stereocenters. The van der Waals surface area contributed by atoms with Crippen LogP contribution in [-0.4, -0.2) is 135 Å². The Hall–Kier alpha value is -4.64. The van der Waals surface area contributed by atoms with Gasteiger partial charge in [-0.05, 0) is 24.3 Å². The van der Waals surface area contributed by atoms with Crippen LogP contribution in [0.4, 0.5) is 37.7 Å². The summed E-state index contributed by atoms with van der Waals surface area (Å²) >= 11 is 4.01. The second-order valence-corrected chi connectivity index (χ2v) is 17.1. The van der Waals surface area contributed by atoms with Crippen molar-refractivity contribution in [1.29, 1.82) is 0 Å². The van der Waals surface area contributed by atoms with Gasteiger partial charge in [-0.2, -0.15) is 70.3 Å². The van der Waals surface area contributed by atoms with Crippen LogP contribution in [0.25, 0.3) is 23.3 Å². The van der Waals surface area contributed by atoms with Gasteiger partial charge >= 0.3 is 28.1 Å². The van der Waals surface area contributed by atoms with Gasteiger partial charge in [-0.3, -0.25) is 0 Å². The number of hydrogen-bond acceptors (Lipinski definition) is 16. The average molecular weight is 979 g/mol. The van der Waals surface area contributed by atoms with E-state index in [1.807, 2.05) is 72.6 Å². The fraction of sp³-hybridized carbons (Fsp3) is 0.312. The molecule has 2 aliphatic heterocycles. The summed E-state index contributed by atoms with van der Waals surface area (Å²) in [4.78, 5) is 14.2. The molecule has 2 saturated heterocycles. The monoisotopic (exact) mass is 978 g/mol. The van der Waals surface area contributed by atoms with Crippen molar-refractivity contribution in [3.8, 4) is 23.3 Å². The second kappa shape index (κ2) is 21.4. The van der Waals surface area contributed by atoms with E-state index in [9.17, 15) is 26.3 Å². The van der Waals surface area contributed by atoms with Crippen molar-refractivity contribution in [3.05, 3.63) is 98.1 Å². The van der Waals surface area contributed by atoms with Gasteiger partial charge in [-0.15, -0.1) is 0 Å². The first-order chi connectivity index (χ1) is 28.3. The Kier molecular flexibility index (Phi) is 17.2. The van der Waals surface area contributed by atoms with Gasteiger partial charge in [-0.1, -0.05) is 0 Å². The standard InChI is InChI=1S/2C15H16N6S.2CHF3O3S.Fe/c2*1-3-16-20(5-1)14-11-13(19-7-9-22-10-8-19)12-15(18-14)21-6-2-4-17-21;2*2-1(3,4)8(5,6)7;/h2*1-6,11-12H,7-10H2;2*(H,5,6,7);/q;;;;+2/p-2. The van der Waals surface area contributed by atoms with E-state index in [-0.39, 0.29) is 17.1 Å². The Balaban J connectivity index is 0.000000198. The zero-order chi connectivity index (χ0) is 43.6. The summed E-state index contributed by atoms with van der Waals surface area (Å²) < 4.78 is 125. The number of halogens is 6. The Morgan fingerprint density at radius 2 is 0.721 bits per heavy atom. The smallest absolute Gasteiger partial charge is 0.741 e. The summed E-state index contributed by atoms with van der Waals surface area (Å²) in [5.41, 5.74) is -8.95. The van der Waals surface area contributed by atoms with Crippen molar-refractivity contribution in [3.63, 3.8) is 0 Å². The quantitative estimate of drug-likeness (QED) is 0.0993. The fourth-order valence-corrected chi connectivity index (χ4v) is 6.88. The van der Waals surface area contributed by atoms with Crippen LogP contribution in [0.15, 0.2) is 98.1 Å². The Bertz CT molecular complexity index is 2180. The summed E-state index contributed by atoms with van der Waals surface area (Å²) in [6, 6.07) is 16.0. The van der Waals surface area contributed by atoms with Gasteiger partial charge in [0.2, 0.25) is 0 Å². The van der Waals surface area contributed by atoms with Gasteiger partial charge in [0.15, 0.2) is 43.5 Å². The van der Waals surface area contributed by atoms with E-state index in [2.05, 4.69) is 64.4 Å². The summed E-state index contributed by atoms with van der Waals surface area (Å²) in [5.74, 6) is 7.90. The first-order valence-corrected chi connectivity index (χ1v) is 22.2. The molecule has 2 aliphatic rings. The normalized spacial score (nSPS) is 14.6. The van der Waals surface area contributed by atoms with Crippen molar-refractivity contribution in [1.82, 2.24) is 49.1 Å². The van der Waals surface area contributed by atoms with Crippen molar-refractivity contribution < 1.29 is 69.4 Å². The largest absolute Gasteiger partial charge is 2.00 e. The SMILES string of the molecule is O=S(=O)([O-])C(F)(F)F.O=S(=O)([O-])C(F)(F)F.[Fe+2].c1cnn(-c2cc(N3CCSCC3)cc(-n3cccn3)n2)c1.c1cnn(-c2cc(N3CCSCC3)cc(-n3cccn3)n2)c1. The number of nitrogens with zero attached hydrogens (tertiary/aromatic N) is 12. The molecule has 6 aromatic rings. The predicted molar refractivity (Wildman–Crippen MR) is 208 cm³/mol. The molecular formula is C32H32F6FeN12O6S4. The number of pyridine rings is 2. The molecule has 0 atom stereocenters. The fourth-order valence-electron chi connectivity index (χ4n) is 5.07. The molecule has 6 aromatic heterocycles. The van der Waals surface area contributed by atoms with Gasteiger partial charge in [0.25, 0.3) is 0 Å². The molecule has 0 N–H and O–H groups in total. The van der Waals surface area contributed by atoms with E-state index in [1.54, 1.807) is 43.5 Å². The minimum absolute atomic E-state index is 0. The van der Waals surface area contributed by atoms with Gasteiger partial charge in [0, 0.05) is 134 Å². The maximum Gasteiger partial charge on any atom is 2.00 e. The van der Waals surface area contributed by atoms with E-state index in [0.29, 0.717) is 0 Å². The minimum atomic E-state index is -6.09. The van der Waals surface area contributed by atoms with Crippen LogP contribution in [0, 0.1) is 0 Å². The van der Waals surface area contributed by atoms with Gasteiger partial charge in [0.1, 0.15) is 0 Å². The molecule has 8 rings (SSSR count). The summed E-state index contributed by atoms with van der Waals surface area (Å²) in [7, 11) is -12.2. The van der Waals surface area contributed by atoms with Gasteiger partial charge < -0.3 is 18.9 Å². The molecule has 29 heteroatoms. The zero-order valence-corrected chi connectivity index (χ0v) is 35.3. The Morgan fingerprint density at radius 3 is 0.902 bits per heavy atom. The molecule has 0 bridgehead atoms. The molecule has 0 amide bonds. The second-order valence-electron chi connectivity index (χ2n) is 11.9. The molecule has 0 spiro atoms. The van der Waals surface area contributed by atoms with Crippen molar-refractivity contribution in [2.45, 2.75) is 11.0 Å². The molecule has 8 heterocycles. The third-order valence-corrected chi connectivity index (χ3v) is 10.9. The van der Waals surface area contributed by atoms with Crippen LogP contribution in [0.2, 0.25) is 0 Å². The predicted octanol–water partition coefficient (Wildman–Crippen LogP) is 4.11. The van der Waals surface area contributed by atoms with Crippen LogP contribution < -0.4 is 9.80 Å². The molecule has 0 aliphatic carbocycles. The van der Waals surface area contributed by atoms with E-state index >= 15 is 0 Å². The van der Waals surface area contributed by atoms with Crippen LogP contribution in [0.5, 0.6) is 0 Å². The van der Waals surface area contributed by atoms with E-state index < -0.39 is 31.3 Å². The third-order valence-electron chi connectivity index (χ3n) is 7.84. The first kappa shape index (κ1) is 49.0. The number of alkyl halides is 6. The maximum absolute atomic E-state index is 10.7. The molecule has 61 heavy (non-hydrogen) atoms. The molecule has 0 radical (unpaired) electrons. The zero-order valence-electron chi connectivity index (χ0n) is 31.0. The van der Waals surface area contributed by atoms with E-state index in [4.69, 9.17) is 25.9 Å². The molecular weight excluding hydrogens is 947 g/mol. The van der Waals surface area contributed by atoms with Crippen LogP contribution in [-0.2, 0) is 37.3 Å². The number of anilines is 2. The van der Waals surface area contributed by atoms with Gasteiger partial charge in [-0.25, -0.2) is 45.5 Å². The topological polar surface area (TPSA) is 218 Å². The Labute approximate surface area is 363 Å². The van der Waals surface area contributed by atoms with Crippen LogP contribution in [0.3, 0.4) is 0 Å². The van der Waals surface area contributed by atoms with Crippen LogP contribution >= 0.6 is 23.5 Å². The average Bonchev–Trinajstić information content (AvgIpc) is 4.07. The molecule has 2 fully saturated rings. The first-order valence-electron chi connectivity index (χ1n) is 17.0. The third kappa shape index (κ3) is 14.2. The maximum atomic E-state index is 10.7. The van der Waals surface area contributed by atoms with Crippen molar-refractivity contribution in [2.75, 3.05) is 59.0 Å². The molecule has 330 valence electrons. The summed E-state index contributed by atoms with van der Waals surface area (Å²) in [5, 5.41) is 17.2. The number of rotatable bonds is 6. The summed E-state index contributed by atoms with van der Waals surface area (Å²) in [6.45, 7) is 4.25. The number of aromatic nitrogens is 10. The molecule has 0 aromatic carbocycles. The minimum Gasteiger partial charge on any atom is -0.741 e. The van der Waals surface area contributed by atoms with E-state index in [0.717, 1.165) is 72.5 Å². The van der Waals surface area contributed by atoms with Gasteiger partial charge in [0.05, 0.1) is 0 Å². The molecule has 18 nitrogen and oxygen atoms in total. The van der Waals surface area contributed by atoms with Crippen LogP contribution in [0.1, 0.15) is 0 Å². The van der Waals surface area contributed by atoms with E-state index in [1.165, 1.54) is 11.4 Å². The summed E-state index contributed by atoms with van der Waals surface area (Å²) in [6.07, 6.45) is 14.7.